The molecule has 4 rings (SSSR count). The molecule has 2 heterocycles. The average Bonchev–Trinajstić information content (AvgIpc) is 2.78. The molecule has 2 aromatic carbocycles. The Morgan fingerprint density at radius 1 is 0.903 bits per heavy atom. The summed E-state index contributed by atoms with van der Waals surface area (Å²) in [6.45, 7) is 0. The molecule has 1 amide bonds. The van der Waals surface area contributed by atoms with Gasteiger partial charge in [0.1, 0.15) is 0 Å². The van der Waals surface area contributed by atoms with E-state index in [4.69, 9.17) is 0 Å². The van der Waals surface area contributed by atoms with Gasteiger partial charge in [0, 0.05) is 41.9 Å². The Morgan fingerprint density at radius 3 is 2.45 bits per heavy atom. The number of hydrogen-bond acceptors (Lipinski definition) is 6. The molecule has 0 radical (unpaired) electrons. The van der Waals surface area contributed by atoms with Gasteiger partial charge >= 0.3 is 0 Å². The molecule has 154 valence electrons. The van der Waals surface area contributed by atoms with E-state index in [1.54, 1.807) is 24.5 Å². The van der Waals surface area contributed by atoms with Crippen LogP contribution in [0.2, 0.25) is 0 Å². The number of amides is 1. The Bertz CT molecular complexity index is 1360. The van der Waals surface area contributed by atoms with Crippen molar-refractivity contribution in [2.24, 2.45) is 0 Å². The Hall–Kier alpha value is -4.11. The van der Waals surface area contributed by atoms with Crippen LogP contribution in [-0.2, 0) is 14.8 Å². The highest BCUT2D eigenvalue weighted by atomic mass is 32.2. The third-order valence-corrected chi connectivity index (χ3v) is 5.66. The second-order valence-corrected chi connectivity index (χ2v) is 8.19. The number of pyridine rings is 1. The summed E-state index contributed by atoms with van der Waals surface area (Å²) in [5, 5.41) is 4.75. The van der Waals surface area contributed by atoms with Gasteiger partial charge in [-0.1, -0.05) is 12.1 Å². The quantitative estimate of drug-likeness (QED) is 0.452. The average molecular weight is 431 g/mol. The molecule has 9 heteroatoms. The van der Waals surface area contributed by atoms with E-state index >= 15 is 0 Å². The molecule has 0 fully saturated rings. The van der Waals surface area contributed by atoms with Crippen LogP contribution in [0.3, 0.4) is 0 Å². The van der Waals surface area contributed by atoms with Gasteiger partial charge in [-0.2, -0.15) is 0 Å². The van der Waals surface area contributed by atoms with Gasteiger partial charge in [-0.15, -0.1) is 0 Å². The van der Waals surface area contributed by atoms with Crippen molar-refractivity contribution < 1.29 is 13.2 Å². The fraction of sp³-hybridized carbons (Fsp3) is 0. The number of nitrogens with zero attached hydrogens (tertiary/aromatic N) is 3. The lowest BCUT2D eigenvalue weighted by molar-refractivity contribution is -0.111. The van der Waals surface area contributed by atoms with Gasteiger partial charge in [0.15, 0.2) is 0 Å². The Labute approximate surface area is 178 Å². The highest BCUT2D eigenvalue weighted by molar-refractivity contribution is 7.92. The van der Waals surface area contributed by atoms with Gasteiger partial charge in [-0.25, -0.2) is 23.1 Å². The van der Waals surface area contributed by atoms with Gasteiger partial charge in [0.2, 0.25) is 11.9 Å². The largest absolute Gasteiger partial charge is 0.323 e. The smallest absolute Gasteiger partial charge is 0.264 e. The third kappa shape index (κ3) is 5.09. The van der Waals surface area contributed by atoms with E-state index in [9.17, 15) is 13.2 Å². The second kappa shape index (κ2) is 8.72. The first-order valence-corrected chi connectivity index (χ1v) is 10.7. The molecule has 0 aliphatic rings. The van der Waals surface area contributed by atoms with Crippen LogP contribution in [0.1, 0.15) is 5.56 Å². The van der Waals surface area contributed by atoms with Gasteiger partial charge < -0.3 is 5.32 Å². The van der Waals surface area contributed by atoms with Crippen molar-refractivity contribution in [1.82, 2.24) is 15.0 Å². The summed E-state index contributed by atoms with van der Waals surface area (Å²) in [5.41, 5.74) is 1.35. The molecule has 0 aliphatic heterocycles. The van der Waals surface area contributed by atoms with Crippen LogP contribution in [0.4, 0.5) is 11.6 Å². The first kappa shape index (κ1) is 20.2. The summed E-state index contributed by atoms with van der Waals surface area (Å²) in [7, 11) is -3.83. The summed E-state index contributed by atoms with van der Waals surface area (Å²) in [6, 6.07) is 15.1. The molecule has 8 nitrogen and oxygen atoms in total. The van der Waals surface area contributed by atoms with E-state index in [0.717, 1.165) is 16.3 Å². The maximum atomic E-state index is 12.4. The summed E-state index contributed by atoms with van der Waals surface area (Å²) < 4.78 is 27.1. The fourth-order valence-electron chi connectivity index (χ4n) is 2.81. The maximum absolute atomic E-state index is 12.4. The minimum Gasteiger partial charge on any atom is -0.323 e. The topological polar surface area (TPSA) is 114 Å². The van der Waals surface area contributed by atoms with Gasteiger partial charge in [-0.3, -0.25) is 9.78 Å². The zero-order valence-electron chi connectivity index (χ0n) is 16.1. The number of aromatic nitrogens is 3. The van der Waals surface area contributed by atoms with Crippen molar-refractivity contribution in [2.45, 2.75) is 4.90 Å². The third-order valence-electron chi connectivity index (χ3n) is 4.32. The number of anilines is 2. The molecular weight excluding hydrogens is 414 g/mol. The van der Waals surface area contributed by atoms with Crippen LogP contribution in [0.5, 0.6) is 0 Å². The summed E-state index contributed by atoms with van der Waals surface area (Å²) in [4.78, 5) is 24.0. The predicted molar refractivity (Wildman–Crippen MR) is 119 cm³/mol. The molecule has 0 bridgehead atoms. The number of hydrogen-bond donors (Lipinski definition) is 2. The molecule has 4 aromatic rings. The Kier molecular flexibility index (Phi) is 5.67. The number of benzene rings is 2. The lowest BCUT2D eigenvalue weighted by atomic mass is 10.1. The molecular formula is C22H17N5O3S. The Morgan fingerprint density at radius 2 is 1.68 bits per heavy atom. The lowest BCUT2D eigenvalue weighted by Crippen LogP contribution is -2.15. The van der Waals surface area contributed by atoms with Gasteiger partial charge in [-0.05, 0) is 59.5 Å². The predicted octanol–water partition coefficient (Wildman–Crippen LogP) is 3.48. The van der Waals surface area contributed by atoms with Crippen molar-refractivity contribution >= 4 is 44.4 Å². The van der Waals surface area contributed by atoms with Crippen LogP contribution < -0.4 is 10.0 Å². The SMILES string of the molecule is O=C(/C=C/c1ccc2cnccc2c1)Nc1ccc(S(=O)(=O)Nc2ncccn2)cc1. The van der Waals surface area contributed by atoms with Crippen molar-refractivity contribution in [3.8, 4) is 0 Å². The zero-order valence-corrected chi connectivity index (χ0v) is 17.0. The van der Waals surface area contributed by atoms with E-state index in [1.807, 2.05) is 24.3 Å². The van der Waals surface area contributed by atoms with E-state index in [0.29, 0.717) is 5.69 Å². The highest BCUT2D eigenvalue weighted by Crippen LogP contribution is 2.17. The van der Waals surface area contributed by atoms with Crippen LogP contribution in [0, 0.1) is 0 Å². The number of rotatable bonds is 6. The number of sulfonamides is 1. The van der Waals surface area contributed by atoms with Crippen LogP contribution in [-0.4, -0.2) is 29.3 Å². The first-order valence-electron chi connectivity index (χ1n) is 9.22. The summed E-state index contributed by atoms with van der Waals surface area (Å²) in [6.07, 6.45) is 9.49. The summed E-state index contributed by atoms with van der Waals surface area (Å²) >= 11 is 0. The molecule has 0 saturated heterocycles. The number of carbonyl (C=O) groups is 1. The summed E-state index contributed by atoms with van der Waals surface area (Å²) in [5.74, 6) is -0.351. The molecule has 2 aromatic heterocycles. The van der Waals surface area contributed by atoms with Crippen LogP contribution >= 0.6 is 0 Å². The number of carbonyl (C=O) groups excluding carboxylic acids is 1. The van der Waals surface area contributed by atoms with Gasteiger partial charge in [0.05, 0.1) is 4.90 Å². The minimum atomic E-state index is -3.83. The van der Waals surface area contributed by atoms with Crippen molar-refractivity contribution in [3.05, 3.63) is 91.0 Å². The molecule has 0 atom stereocenters. The molecule has 31 heavy (non-hydrogen) atoms. The van der Waals surface area contributed by atoms with E-state index in [-0.39, 0.29) is 16.8 Å². The van der Waals surface area contributed by atoms with Crippen molar-refractivity contribution in [3.63, 3.8) is 0 Å². The second-order valence-electron chi connectivity index (χ2n) is 6.51. The normalized spacial score (nSPS) is 11.5. The number of fused-ring (bicyclic) bond motifs is 1. The standard InChI is InChI=1S/C22H17N5O3S/c28-21(9-3-16-2-4-18-15-23-13-10-17(18)14-16)26-19-5-7-20(8-6-19)31(29,30)27-22-24-11-1-12-25-22/h1-15H,(H,26,28)(H,24,25,27)/b9-3+. The Balaban J connectivity index is 1.41. The monoisotopic (exact) mass is 431 g/mol. The molecule has 0 spiro atoms. The first-order chi connectivity index (χ1) is 15.0. The molecule has 0 saturated carbocycles. The van der Waals surface area contributed by atoms with Gasteiger partial charge in [0.25, 0.3) is 10.0 Å². The zero-order chi connectivity index (χ0) is 21.7. The van der Waals surface area contributed by atoms with Crippen molar-refractivity contribution in [2.75, 3.05) is 10.0 Å². The van der Waals surface area contributed by atoms with E-state index < -0.39 is 10.0 Å². The number of nitrogens with one attached hydrogen (secondary N) is 2. The minimum absolute atomic E-state index is 0.0185. The van der Waals surface area contributed by atoms with E-state index in [2.05, 4.69) is 25.0 Å². The molecule has 2 N–H and O–H groups in total. The van der Waals surface area contributed by atoms with Crippen LogP contribution in [0.15, 0.2) is 90.4 Å². The van der Waals surface area contributed by atoms with Crippen LogP contribution in [0.25, 0.3) is 16.8 Å². The fourth-order valence-corrected chi connectivity index (χ4v) is 3.77. The maximum Gasteiger partial charge on any atom is 0.264 e. The molecule has 0 aliphatic carbocycles. The van der Waals surface area contributed by atoms with E-state index in [1.165, 1.54) is 42.7 Å². The van der Waals surface area contributed by atoms with Crippen molar-refractivity contribution in [1.29, 1.82) is 0 Å². The molecule has 0 unspecified atom stereocenters. The lowest BCUT2D eigenvalue weighted by Gasteiger charge is -2.07. The highest BCUT2D eigenvalue weighted by Gasteiger charge is 2.15.